The molecule has 0 aliphatic carbocycles. The van der Waals surface area contributed by atoms with Crippen LogP contribution in [0.3, 0.4) is 0 Å². The largest absolute Gasteiger partial charge is 0.367 e. The number of nitrogens with zero attached hydrogens (tertiary/aromatic N) is 2. The van der Waals surface area contributed by atoms with Crippen LogP contribution in [0.1, 0.15) is 17.0 Å². The van der Waals surface area contributed by atoms with Crippen LogP contribution in [-0.2, 0) is 13.1 Å². The smallest absolute Gasteiger partial charge is 0.0929 e. The maximum Gasteiger partial charge on any atom is 0.0929 e. The Balaban J connectivity index is 1.75. The lowest BCUT2D eigenvalue weighted by molar-refractivity contribution is 0.355. The molecule has 0 saturated carbocycles. The van der Waals surface area contributed by atoms with E-state index in [0.29, 0.717) is 0 Å². The number of rotatable bonds is 2. The monoisotopic (exact) mass is 211 g/mol. The van der Waals surface area contributed by atoms with E-state index in [1.54, 1.807) is 6.33 Å². The molecule has 2 heterocycles. The number of fused-ring (bicyclic) bond motifs is 1. The summed E-state index contributed by atoms with van der Waals surface area (Å²) < 4.78 is 0. The standard InChI is InChI=1S/C13H13N3/c1-2-4-11(5-3-1)8-16-7-6-12-13(9-16)15-10-14-12/h1-7,10H,8-9H2,(H,14,15). The molecule has 80 valence electrons. The van der Waals surface area contributed by atoms with E-state index in [9.17, 15) is 0 Å². The number of hydrogen-bond acceptors (Lipinski definition) is 2. The molecule has 0 fully saturated rings. The normalized spacial score (nSPS) is 13.9. The highest BCUT2D eigenvalue weighted by molar-refractivity contribution is 5.49. The molecule has 3 rings (SSSR count). The van der Waals surface area contributed by atoms with Gasteiger partial charge in [-0.3, -0.25) is 0 Å². The molecule has 0 radical (unpaired) electrons. The maximum atomic E-state index is 4.23. The number of aromatic amines is 1. The van der Waals surface area contributed by atoms with E-state index in [4.69, 9.17) is 0 Å². The van der Waals surface area contributed by atoms with Crippen molar-refractivity contribution < 1.29 is 0 Å². The Morgan fingerprint density at radius 1 is 1.25 bits per heavy atom. The van der Waals surface area contributed by atoms with Gasteiger partial charge in [-0.15, -0.1) is 0 Å². The van der Waals surface area contributed by atoms with E-state index < -0.39 is 0 Å². The van der Waals surface area contributed by atoms with Crippen molar-refractivity contribution in [2.45, 2.75) is 13.1 Å². The summed E-state index contributed by atoms with van der Waals surface area (Å²) in [5.74, 6) is 0. The molecule has 1 aliphatic rings. The van der Waals surface area contributed by atoms with Gasteiger partial charge in [0.25, 0.3) is 0 Å². The van der Waals surface area contributed by atoms with Gasteiger partial charge in [-0.1, -0.05) is 30.3 Å². The highest BCUT2D eigenvalue weighted by Crippen LogP contribution is 2.17. The predicted octanol–water partition coefficient (Wildman–Crippen LogP) is 2.40. The third kappa shape index (κ3) is 1.72. The first-order valence-corrected chi connectivity index (χ1v) is 5.40. The molecular weight excluding hydrogens is 198 g/mol. The zero-order chi connectivity index (χ0) is 10.8. The molecule has 1 aliphatic heterocycles. The number of benzene rings is 1. The van der Waals surface area contributed by atoms with Crippen LogP contribution in [0.2, 0.25) is 0 Å². The van der Waals surface area contributed by atoms with Crippen LogP contribution in [0.15, 0.2) is 42.9 Å². The Kier molecular flexibility index (Phi) is 2.22. The topological polar surface area (TPSA) is 31.9 Å². The molecule has 2 aromatic rings. The van der Waals surface area contributed by atoms with Crippen LogP contribution >= 0.6 is 0 Å². The molecule has 3 heteroatoms. The lowest BCUT2D eigenvalue weighted by atomic mass is 10.2. The minimum absolute atomic E-state index is 0.903. The van der Waals surface area contributed by atoms with Crippen LogP contribution in [0, 0.1) is 0 Å². The van der Waals surface area contributed by atoms with Crippen molar-refractivity contribution in [2.75, 3.05) is 0 Å². The summed E-state index contributed by atoms with van der Waals surface area (Å²) >= 11 is 0. The molecule has 0 bridgehead atoms. The number of H-pyrrole nitrogens is 1. The van der Waals surface area contributed by atoms with Gasteiger partial charge < -0.3 is 9.88 Å². The Hall–Kier alpha value is -2.03. The first-order chi connectivity index (χ1) is 7.92. The molecule has 0 unspecified atom stereocenters. The summed E-state index contributed by atoms with van der Waals surface area (Å²) in [5.41, 5.74) is 3.58. The lowest BCUT2D eigenvalue weighted by Crippen LogP contribution is -2.19. The molecule has 0 atom stereocenters. The number of aromatic nitrogens is 2. The van der Waals surface area contributed by atoms with E-state index >= 15 is 0 Å². The van der Waals surface area contributed by atoms with Crippen molar-refractivity contribution in [2.24, 2.45) is 0 Å². The molecule has 0 amide bonds. The van der Waals surface area contributed by atoms with Crippen molar-refractivity contribution in [3.8, 4) is 0 Å². The number of imidazole rings is 1. The van der Waals surface area contributed by atoms with Gasteiger partial charge in [-0.2, -0.15) is 0 Å². The van der Waals surface area contributed by atoms with E-state index in [1.807, 2.05) is 6.07 Å². The lowest BCUT2D eigenvalue weighted by Gasteiger charge is -2.22. The van der Waals surface area contributed by atoms with Gasteiger partial charge in [0.2, 0.25) is 0 Å². The summed E-state index contributed by atoms with van der Waals surface area (Å²) in [4.78, 5) is 9.67. The Morgan fingerprint density at radius 3 is 3.00 bits per heavy atom. The second kappa shape index (κ2) is 3.85. The zero-order valence-electron chi connectivity index (χ0n) is 8.93. The van der Waals surface area contributed by atoms with Crippen LogP contribution in [0.5, 0.6) is 0 Å². The fourth-order valence-electron chi connectivity index (χ4n) is 1.96. The van der Waals surface area contributed by atoms with Gasteiger partial charge in [0.1, 0.15) is 0 Å². The summed E-state index contributed by atoms with van der Waals surface area (Å²) in [6, 6.07) is 10.5. The molecule has 0 spiro atoms. The highest BCUT2D eigenvalue weighted by atomic mass is 15.1. The predicted molar refractivity (Wildman–Crippen MR) is 63.3 cm³/mol. The molecule has 1 aromatic carbocycles. The fourth-order valence-corrected chi connectivity index (χ4v) is 1.96. The first kappa shape index (κ1) is 9.21. The summed E-state index contributed by atoms with van der Waals surface area (Å²) in [5, 5.41) is 0. The molecule has 3 nitrogen and oxygen atoms in total. The average molecular weight is 211 g/mol. The van der Waals surface area contributed by atoms with E-state index in [0.717, 1.165) is 18.8 Å². The molecule has 16 heavy (non-hydrogen) atoms. The van der Waals surface area contributed by atoms with Crippen LogP contribution < -0.4 is 0 Å². The van der Waals surface area contributed by atoms with E-state index in [-0.39, 0.29) is 0 Å². The highest BCUT2D eigenvalue weighted by Gasteiger charge is 2.12. The van der Waals surface area contributed by atoms with Crippen LogP contribution in [-0.4, -0.2) is 14.9 Å². The Labute approximate surface area is 94.4 Å². The van der Waals surface area contributed by atoms with Crippen molar-refractivity contribution >= 4 is 6.08 Å². The summed E-state index contributed by atoms with van der Waals surface area (Å²) in [6.07, 6.45) is 5.91. The van der Waals surface area contributed by atoms with E-state index in [2.05, 4.69) is 51.4 Å². The fraction of sp³-hybridized carbons (Fsp3) is 0.154. The minimum atomic E-state index is 0.903. The Morgan fingerprint density at radius 2 is 2.12 bits per heavy atom. The van der Waals surface area contributed by atoms with Crippen LogP contribution in [0.25, 0.3) is 6.08 Å². The maximum absolute atomic E-state index is 4.23. The first-order valence-electron chi connectivity index (χ1n) is 5.40. The van der Waals surface area contributed by atoms with Crippen molar-refractivity contribution in [1.82, 2.24) is 14.9 Å². The summed E-state index contributed by atoms with van der Waals surface area (Å²) in [6.45, 7) is 1.84. The van der Waals surface area contributed by atoms with Crippen LogP contribution in [0.4, 0.5) is 0 Å². The SMILES string of the molecule is C1=CN(Cc2ccccc2)Cc2[nH]cnc21. The quantitative estimate of drug-likeness (QED) is 0.827. The number of hydrogen-bond donors (Lipinski definition) is 1. The Bertz CT molecular complexity index is 499. The van der Waals surface area contributed by atoms with Gasteiger partial charge in [0.05, 0.1) is 24.3 Å². The summed E-state index contributed by atoms with van der Waals surface area (Å²) in [7, 11) is 0. The third-order valence-electron chi connectivity index (χ3n) is 2.78. The van der Waals surface area contributed by atoms with Gasteiger partial charge in [-0.05, 0) is 11.6 Å². The second-order valence-corrected chi connectivity index (χ2v) is 3.97. The van der Waals surface area contributed by atoms with Crippen molar-refractivity contribution in [1.29, 1.82) is 0 Å². The van der Waals surface area contributed by atoms with Gasteiger partial charge in [-0.25, -0.2) is 4.98 Å². The number of nitrogens with one attached hydrogen (secondary N) is 1. The molecule has 0 saturated heterocycles. The molecular formula is C13H13N3. The molecule has 1 aromatic heterocycles. The zero-order valence-corrected chi connectivity index (χ0v) is 8.93. The third-order valence-corrected chi connectivity index (χ3v) is 2.78. The van der Waals surface area contributed by atoms with E-state index in [1.165, 1.54) is 11.3 Å². The van der Waals surface area contributed by atoms with Gasteiger partial charge in [0, 0.05) is 12.7 Å². The van der Waals surface area contributed by atoms with Crippen molar-refractivity contribution in [3.63, 3.8) is 0 Å². The minimum Gasteiger partial charge on any atom is -0.367 e. The van der Waals surface area contributed by atoms with Gasteiger partial charge in [0.15, 0.2) is 0 Å². The van der Waals surface area contributed by atoms with Gasteiger partial charge >= 0.3 is 0 Å². The second-order valence-electron chi connectivity index (χ2n) is 3.97. The molecule has 1 N–H and O–H groups in total. The van der Waals surface area contributed by atoms with Crippen molar-refractivity contribution in [3.05, 3.63) is 59.8 Å². The average Bonchev–Trinajstić information content (AvgIpc) is 2.77.